The van der Waals surface area contributed by atoms with Crippen molar-refractivity contribution in [2.45, 2.75) is 39.0 Å². The monoisotopic (exact) mass is 409 g/mol. The normalized spacial score (nSPS) is 21.4. The van der Waals surface area contributed by atoms with Crippen LogP contribution in [0.25, 0.3) is 21.7 Å². The number of carbonyl (C=O) groups excluding carboxylic acids is 1. The number of aryl methyl sites for hydroxylation is 2. The molecule has 0 amide bonds. The first-order valence-corrected chi connectivity index (χ1v) is 10.8. The van der Waals surface area contributed by atoms with Gasteiger partial charge in [-0.2, -0.15) is 0 Å². The highest BCUT2D eigenvalue weighted by Crippen LogP contribution is 2.43. The minimum atomic E-state index is -0.519. The Morgan fingerprint density at radius 3 is 2.90 bits per heavy atom. The van der Waals surface area contributed by atoms with Crippen molar-refractivity contribution in [3.8, 4) is 11.5 Å². The van der Waals surface area contributed by atoms with E-state index in [1.54, 1.807) is 29.9 Å². The summed E-state index contributed by atoms with van der Waals surface area (Å²) in [5, 5.41) is 1.16. The van der Waals surface area contributed by atoms with Crippen molar-refractivity contribution >= 4 is 33.3 Å². The second-order valence-corrected chi connectivity index (χ2v) is 9.16. The Bertz CT molecular complexity index is 1080. The minimum absolute atomic E-state index is 0.160. The molecule has 0 saturated carbocycles. The highest BCUT2D eigenvalue weighted by atomic mass is 32.1. The molecule has 3 aromatic heterocycles. The molecule has 3 aromatic rings. The lowest BCUT2D eigenvalue weighted by atomic mass is 9.90. The smallest absolute Gasteiger partial charge is 0.313 e. The number of esters is 1. The molecule has 0 N–H and O–H groups in total. The van der Waals surface area contributed by atoms with Gasteiger partial charge in [0.2, 0.25) is 0 Å². The number of nitrogens with zero attached hydrogens (tertiary/aromatic N) is 5. The van der Waals surface area contributed by atoms with E-state index >= 15 is 0 Å². The SMILES string of the molecule is COC(=O)C1(C)CCN(c2nc(-c3cnccn3)nc3sc4c(c23)CCCC4)C1. The second kappa shape index (κ2) is 7.02. The largest absolute Gasteiger partial charge is 0.469 e. The third-order valence-electron chi connectivity index (χ3n) is 6.04. The van der Waals surface area contributed by atoms with Crippen molar-refractivity contribution in [3.05, 3.63) is 29.0 Å². The Morgan fingerprint density at radius 1 is 1.24 bits per heavy atom. The number of rotatable bonds is 3. The third kappa shape index (κ3) is 3.06. The summed E-state index contributed by atoms with van der Waals surface area (Å²) in [5.74, 6) is 1.35. The number of methoxy groups -OCH3 is 1. The van der Waals surface area contributed by atoms with Gasteiger partial charge >= 0.3 is 5.97 Å². The van der Waals surface area contributed by atoms with Crippen molar-refractivity contribution in [2.24, 2.45) is 5.41 Å². The van der Waals surface area contributed by atoms with E-state index in [0.717, 1.165) is 41.8 Å². The van der Waals surface area contributed by atoms with Crippen LogP contribution in [0.5, 0.6) is 0 Å². The van der Waals surface area contributed by atoms with E-state index in [2.05, 4.69) is 14.9 Å². The van der Waals surface area contributed by atoms with Crippen molar-refractivity contribution < 1.29 is 9.53 Å². The second-order valence-electron chi connectivity index (χ2n) is 8.08. The van der Waals surface area contributed by atoms with Gasteiger partial charge in [-0.15, -0.1) is 11.3 Å². The summed E-state index contributed by atoms with van der Waals surface area (Å²) in [6, 6.07) is 0. The Balaban J connectivity index is 1.66. The minimum Gasteiger partial charge on any atom is -0.469 e. The zero-order valence-electron chi connectivity index (χ0n) is 16.6. The van der Waals surface area contributed by atoms with Gasteiger partial charge in [0, 0.05) is 30.4 Å². The van der Waals surface area contributed by atoms with Crippen LogP contribution in [0.4, 0.5) is 5.82 Å². The van der Waals surface area contributed by atoms with Crippen molar-refractivity contribution in [1.82, 2.24) is 19.9 Å². The van der Waals surface area contributed by atoms with Crippen molar-refractivity contribution in [3.63, 3.8) is 0 Å². The van der Waals surface area contributed by atoms with E-state index in [0.29, 0.717) is 18.1 Å². The van der Waals surface area contributed by atoms with Crippen LogP contribution >= 0.6 is 11.3 Å². The van der Waals surface area contributed by atoms with E-state index in [-0.39, 0.29) is 5.97 Å². The van der Waals surface area contributed by atoms with E-state index in [1.165, 1.54) is 30.4 Å². The van der Waals surface area contributed by atoms with Gasteiger partial charge in [0.1, 0.15) is 16.3 Å². The van der Waals surface area contributed by atoms with Crippen LogP contribution < -0.4 is 4.90 Å². The maximum absolute atomic E-state index is 12.3. The van der Waals surface area contributed by atoms with Gasteiger partial charge in [-0.05, 0) is 44.6 Å². The molecule has 1 aliphatic heterocycles. The Morgan fingerprint density at radius 2 is 2.10 bits per heavy atom. The standard InChI is InChI=1S/C21H23N5O2S/c1-21(20(27)28-2)7-10-26(12-21)18-16-13-5-3-4-6-15(13)29-19(16)25-17(24-18)14-11-22-8-9-23-14/h8-9,11H,3-7,10,12H2,1-2H3. The number of fused-ring (bicyclic) bond motifs is 3. The number of hydrogen-bond acceptors (Lipinski definition) is 8. The van der Waals surface area contributed by atoms with Gasteiger partial charge in [-0.1, -0.05) is 0 Å². The fourth-order valence-corrected chi connectivity index (χ4v) is 5.71. The lowest BCUT2D eigenvalue weighted by Crippen LogP contribution is -2.33. The summed E-state index contributed by atoms with van der Waals surface area (Å²) in [6.07, 6.45) is 10.3. The van der Waals surface area contributed by atoms with Gasteiger partial charge in [0.05, 0.1) is 24.1 Å². The molecule has 7 nitrogen and oxygen atoms in total. The third-order valence-corrected chi connectivity index (χ3v) is 7.22. The van der Waals surface area contributed by atoms with Gasteiger partial charge in [-0.25, -0.2) is 15.0 Å². The van der Waals surface area contributed by atoms with Gasteiger partial charge < -0.3 is 9.64 Å². The first-order valence-electron chi connectivity index (χ1n) is 10.0. The van der Waals surface area contributed by atoms with E-state index in [4.69, 9.17) is 14.7 Å². The van der Waals surface area contributed by atoms with E-state index in [1.807, 2.05) is 6.92 Å². The molecular weight excluding hydrogens is 386 g/mol. The summed E-state index contributed by atoms with van der Waals surface area (Å²) in [5.41, 5.74) is 1.54. The molecule has 0 radical (unpaired) electrons. The number of ether oxygens (including phenoxy) is 1. The highest BCUT2D eigenvalue weighted by molar-refractivity contribution is 7.19. The van der Waals surface area contributed by atoms with Crippen LogP contribution in [0.1, 0.15) is 36.6 Å². The van der Waals surface area contributed by atoms with Gasteiger partial charge in [-0.3, -0.25) is 9.78 Å². The molecule has 0 spiro atoms. The molecule has 1 saturated heterocycles. The molecule has 0 bridgehead atoms. The van der Waals surface area contributed by atoms with Gasteiger partial charge in [0.15, 0.2) is 5.82 Å². The van der Waals surface area contributed by atoms with Crippen LogP contribution in [0, 0.1) is 5.41 Å². The molecule has 5 rings (SSSR count). The molecule has 1 fully saturated rings. The van der Waals surface area contributed by atoms with Crippen LogP contribution in [0.15, 0.2) is 18.6 Å². The van der Waals surface area contributed by atoms with E-state index in [9.17, 15) is 4.79 Å². The first kappa shape index (κ1) is 18.4. The average Bonchev–Trinajstić information content (AvgIpc) is 3.34. The number of carbonyl (C=O) groups is 1. The molecule has 0 aromatic carbocycles. The van der Waals surface area contributed by atoms with Crippen LogP contribution in [-0.4, -0.2) is 46.1 Å². The number of hydrogen-bond donors (Lipinski definition) is 0. The quantitative estimate of drug-likeness (QED) is 0.613. The zero-order valence-corrected chi connectivity index (χ0v) is 17.5. The number of aromatic nitrogens is 4. The summed E-state index contributed by atoms with van der Waals surface area (Å²) >= 11 is 1.77. The Labute approximate surface area is 173 Å². The molecular formula is C21H23N5O2S. The average molecular weight is 410 g/mol. The number of thiophene rings is 1. The molecule has 1 aliphatic carbocycles. The predicted octanol–water partition coefficient (Wildman–Crippen LogP) is 3.42. The van der Waals surface area contributed by atoms with E-state index < -0.39 is 5.41 Å². The molecule has 1 unspecified atom stereocenters. The summed E-state index contributed by atoms with van der Waals surface area (Å²) in [4.78, 5) is 35.4. The molecule has 8 heteroatoms. The fourth-order valence-electron chi connectivity index (χ4n) is 4.45. The number of anilines is 1. The summed E-state index contributed by atoms with van der Waals surface area (Å²) in [6.45, 7) is 3.34. The fraction of sp³-hybridized carbons (Fsp3) is 0.476. The molecule has 150 valence electrons. The molecule has 29 heavy (non-hydrogen) atoms. The van der Waals surface area contributed by atoms with Gasteiger partial charge in [0.25, 0.3) is 0 Å². The van der Waals surface area contributed by atoms with Crippen molar-refractivity contribution in [2.75, 3.05) is 25.1 Å². The molecule has 1 atom stereocenters. The maximum Gasteiger partial charge on any atom is 0.313 e. The lowest BCUT2D eigenvalue weighted by Gasteiger charge is -2.23. The Kier molecular flexibility index (Phi) is 4.46. The molecule has 2 aliphatic rings. The first-order chi connectivity index (χ1) is 14.1. The zero-order chi connectivity index (χ0) is 20.0. The maximum atomic E-state index is 12.3. The van der Waals surface area contributed by atoms with Crippen LogP contribution in [0.2, 0.25) is 0 Å². The van der Waals surface area contributed by atoms with Crippen LogP contribution in [-0.2, 0) is 22.4 Å². The Hall–Kier alpha value is -2.61. The summed E-state index contributed by atoms with van der Waals surface area (Å²) in [7, 11) is 1.46. The lowest BCUT2D eigenvalue weighted by molar-refractivity contribution is -0.150. The van der Waals surface area contributed by atoms with Crippen molar-refractivity contribution in [1.29, 1.82) is 0 Å². The predicted molar refractivity (Wildman–Crippen MR) is 112 cm³/mol. The van der Waals surface area contributed by atoms with Crippen LogP contribution in [0.3, 0.4) is 0 Å². The highest BCUT2D eigenvalue weighted by Gasteiger charge is 2.42. The molecule has 4 heterocycles. The summed E-state index contributed by atoms with van der Waals surface area (Å²) < 4.78 is 5.06. The topological polar surface area (TPSA) is 81.1 Å².